The van der Waals surface area contributed by atoms with Gasteiger partial charge in [0.15, 0.2) is 0 Å². The second kappa shape index (κ2) is 7.59. The molecule has 2 saturated heterocycles. The summed E-state index contributed by atoms with van der Waals surface area (Å²) in [5.41, 5.74) is -0.662. The molecular formula is C21H24N4O3. The van der Waals surface area contributed by atoms with Crippen molar-refractivity contribution in [2.45, 2.75) is 31.4 Å². The average Bonchev–Trinajstić information content (AvgIpc) is 3.37. The van der Waals surface area contributed by atoms with Crippen LogP contribution in [-0.4, -0.2) is 47.1 Å². The van der Waals surface area contributed by atoms with Crippen LogP contribution in [0.15, 0.2) is 48.5 Å². The minimum Gasteiger partial charge on any atom is -0.372 e. The Bertz CT molecular complexity index is 867. The number of carbonyl (C=O) groups excluding carboxylic acids is 2. The standard InChI is InChI=1S/C21H24N4O3/c26-19(21(28)11-14-25(20(21)27)17-8-2-1-3-9-17)22-15-16-7-6-10-18(23-16)24-12-4-5-13-24/h1-3,6-10,28H,4-5,11-15H2,(H,22,26). The predicted molar refractivity (Wildman–Crippen MR) is 106 cm³/mol. The Morgan fingerprint density at radius 2 is 1.82 bits per heavy atom. The molecule has 2 amide bonds. The molecule has 28 heavy (non-hydrogen) atoms. The SMILES string of the molecule is O=C(NCc1cccc(N2CCCC2)n1)C1(O)CCN(c2ccccc2)C1=O. The number of nitrogens with zero attached hydrogens (tertiary/aromatic N) is 3. The first-order valence-corrected chi connectivity index (χ1v) is 9.66. The van der Waals surface area contributed by atoms with Crippen LogP contribution >= 0.6 is 0 Å². The lowest BCUT2D eigenvalue weighted by atomic mass is 10.0. The molecule has 1 unspecified atom stereocenters. The van der Waals surface area contributed by atoms with Crippen molar-refractivity contribution in [3.63, 3.8) is 0 Å². The second-order valence-corrected chi connectivity index (χ2v) is 7.27. The number of amides is 2. The van der Waals surface area contributed by atoms with Crippen molar-refractivity contribution in [3.05, 3.63) is 54.2 Å². The number of benzene rings is 1. The van der Waals surface area contributed by atoms with E-state index in [0.717, 1.165) is 31.7 Å². The number of anilines is 2. The summed E-state index contributed by atoms with van der Waals surface area (Å²) in [5.74, 6) is -0.366. The van der Waals surface area contributed by atoms with Crippen molar-refractivity contribution >= 4 is 23.3 Å². The van der Waals surface area contributed by atoms with Gasteiger partial charge in [-0.05, 0) is 37.1 Å². The van der Waals surface area contributed by atoms with Gasteiger partial charge in [0.25, 0.3) is 11.8 Å². The molecule has 2 aliphatic rings. The Balaban J connectivity index is 1.41. The molecule has 146 valence electrons. The average molecular weight is 380 g/mol. The molecular weight excluding hydrogens is 356 g/mol. The monoisotopic (exact) mass is 380 g/mol. The van der Waals surface area contributed by atoms with Crippen molar-refractivity contribution in [3.8, 4) is 0 Å². The molecule has 7 nitrogen and oxygen atoms in total. The Labute approximate surface area is 164 Å². The third-order valence-corrected chi connectivity index (χ3v) is 5.39. The van der Waals surface area contributed by atoms with Crippen LogP contribution in [0.25, 0.3) is 0 Å². The van der Waals surface area contributed by atoms with Crippen molar-refractivity contribution in [2.75, 3.05) is 29.4 Å². The van der Waals surface area contributed by atoms with E-state index in [1.165, 1.54) is 4.90 Å². The van der Waals surface area contributed by atoms with Crippen LogP contribution in [0.4, 0.5) is 11.5 Å². The molecule has 0 spiro atoms. The maximum atomic E-state index is 12.7. The van der Waals surface area contributed by atoms with Crippen LogP contribution < -0.4 is 15.1 Å². The van der Waals surface area contributed by atoms with E-state index in [0.29, 0.717) is 17.9 Å². The molecule has 0 aliphatic carbocycles. The van der Waals surface area contributed by atoms with Gasteiger partial charge < -0.3 is 20.2 Å². The summed E-state index contributed by atoms with van der Waals surface area (Å²) < 4.78 is 0. The normalized spacial score (nSPS) is 22.0. The third-order valence-electron chi connectivity index (χ3n) is 5.39. The molecule has 2 N–H and O–H groups in total. The van der Waals surface area contributed by atoms with Crippen LogP contribution in [0, 0.1) is 0 Å². The lowest BCUT2D eigenvalue weighted by Gasteiger charge is -2.22. The van der Waals surface area contributed by atoms with Crippen LogP contribution in [0.1, 0.15) is 25.0 Å². The van der Waals surface area contributed by atoms with Crippen molar-refractivity contribution < 1.29 is 14.7 Å². The summed E-state index contributed by atoms with van der Waals surface area (Å²) in [7, 11) is 0. The third kappa shape index (κ3) is 3.45. The summed E-state index contributed by atoms with van der Waals surface area (Å²) in [5, 5.41) is 13.4. The second-order valence-electron chi connectivity index (χ2n) is 7.27. The van der Waals surface area contributed by atoms with Crippen molar-refractivity contribution in [2.24, 2.45) is 0 Å². The maximum absolute atomic E-state index is 12.7. The molecule has 4 rings (SSSR count). The number of rotatable bonds is 5. The zero-order valence-electron chi connectivity index (χ0n) is 15.7. The van der Waals surface area contributed by atoms with Crippen LogP contribution in [0.3, 0.4) is 0 Å². The van der Waals surface area contributed by atoms with Crippen LogP contribution in [0.5, 0.6) is 0 Å². The molecule has 0 radical (unpaired) electrons. The number of hydrogen-bond acceptors (Lipinski definition) is 5. The summed E-state index contributed by atoms with van der Waals surface area (Å²) in [6, 6.07) is 14.8. The van der Waals surface area contributed by atoms with E-state index in [9.17, 15) is 14.7 Å². The zero-order chi connectivity index (χ0) is 19.6. The van der Waals surface area contributed by atoms with E-state index in [2.05, 4.69) is 15.2 Å². The van der Waals surface area contributed by atoms with E-state index in [1.54, 1.807) is 12.1 Å². The zero-order valence-corrected chi connectivity index (χ0v) is 15.7. The lowest BCUT2D eigenvalue weighted by Crippen LogP contribution is -2.52. The molecule has 2 aromatic rings. The fourth-order valence-electron chi connectivity index (χ4n) is 3.78. The Morgan fingerprint density at radius 1 is 1.07 bits per heavy atom. The van der Waals surface area contributed by atoms with Gasteiger partial charge in [-0.15, -0.1) is 0 Å². The fraction of sp³-hybridized carbons (Fsp3) is 0.381. The molecule has 1 atom stereocenters. The van der Waals surface area contributed by atoms with Gasteiger partial charge in [0.05, 0.1) is 12.2 Å². The topological polar surface area (TPSA) is 85.8 Å². The van der Waals surface area contributed by atoms with Gasteiger partial charge in [0, 0.05) is 31.7 Å². The number of aromatic nitrogens is 1. The molecule has 1 aromatic heterocycles. The Hall–Kier alpha value is -2.93. The first-order chi connectivity index (χ1) is 13.6. The van der Waals surface area contributed by atoms with Crippen LogP contribution in [-0.2, 0) is 16.1 Å². The first-order valence-electron chi connectivity index (χ1n) is 9.66. The highest BCUT2D eigenvalue weighted by Gasteiger charge is 2.51. The number of para-hydroxylation sites is 1. The van der Waals surface area contributed by atoms with Gasteiger partial charge in [-0.2, -0.15) is 0 Å². The number of nitrogens with one attached hydrogen (secondary N) is 1. The highest BCUT2D eigenvalue weighted by atomic mass is 16.3. The minimum absolute atomic E-state index is 0.0633. The highest BCUT2D eigenvalue weighted by Crippen LogP contribution is 2.28. The number of carbonyl (C=O) groups is 2. The number of pyridine rings is 1. The first kappa shape index (κ1) is 18.4. The van der Waals surface area contributed by atoms with Crippen molar-refractivity contribution in [1.29, 1.82) is 0 Å². The van der Waals surface area contributed by atoms with Gasteiger partial charge in [-0.25, -0.2) is 4.98 Å². The van der Waals surface area contributed by atoms with Gasteiger partial charge in [-0.1, -0.05) is 24.3 Å². The maximum Gasteiger partial charge on any atom is 0.268 e. The van der Waals surface area contributed by atoms with Gasteiger partial charge in [0.2, 0.25) is 5.60 Å². The number of aliphatic hydroxyl groups is 1. The molecule has 3 heterocycles. The van der Waals surface area contributed by atoms with Gasteiger partial charge in [-0.3, -0.25) is 9.59 Å². The molecule has 0 saturated carbocycles. The summed E-state index contributed by atoms with van der Waals surface area (Å²) in [6.07, 6.45) is 2.39. The summed E-state index contributed by atoms with van der Waals surface area (Å²) >= 11 is 0. The quantitative estimate of drug-likeness (QED) is 0.767. The van der Waals surface area contributed by atoms with Gasteiger partial charge in [0.1, 0.15) is 5.82 Å². The lowest BCUT2D eigenvalue weighted by molar-refractivity contribution is -0.149. The number of hydrogen-bond donors (Lipinski definition) is 2. The predicted octanol–water partition coefficient (Wildman–Crippen LogP) is 1.47. The van der Waals surface area contributed by atoms with E-state index in [-0.39, 0.29) is 13.0 Å². The Morgan fingerprint density at radius 3 is 2.57 bits per heavy atom. The molecule has 1 aromatic carbocycles. The molecule has 2 fully saturated rings. The van der Waals surface area contributed by atoms with Crippen LogP contribution in [0.2, 0.25) is 0 Å². The van der Waals surface area contributed by atoms with E-state index >= 15 is 0 Å². The summed E-state index contributed by atoms with van der Waals surface area (Å²) in [4.78, 5) is 33.6. The summed E-state index contributed by atoms with van der Waals surface area (Å²) in [6.45, 7) is 2.45. The minimum atomic E-state index is -2.04. The Kier molecular flexibility index (Phi) is 5.00. The molecule has 0 bridgehead atoms. The highest BCUT2D eigenvalue weighted by molar-refractivity contribution is 6.16. The van der Waals surface area contributed by atoms with Crippen molar-refractivity contribution in [1.82, 2.24) is 10.3 Å². The smallest absolute Gasteiger partial charge is 0.268 e. The van der Waals surface area contributed by atoms with Gasteiger partial charge >= 0.3 is 0 Å². The largest absolute Gasteiger partial charge is 0.372 e. The van der Waals surface area contributed by atoms with E-state index < -0.39 is 17.4 Å². The van der Waals surface area contributed by atoms with E-state index in [1.807, 2.05) is 36.4 Å². The van der Waals surface area contributed by atoms with E-state index in [4.69, 9.17) is 0 Å². The fourth-order valence-corrected chi connectivity index (χ4v) is 3.78. The molecule has 7 heteroatoms. The molecule has 2 aliphatic heterocycles.